The van der Waals surface area contributed by atoms with Crippen molar-refractivity contribution in [3.05, 3.63) is 101 Å². The van der Waals surface area contributed by atoms with Crippen LogP contribution in [0, 0.1) is 0 Å². The number of para-hydroxylation sites is 1. The molecule has 0 unspecified atom stereocenters. The molecule has 7 nitrogen and oxygen atoms in total. The van der Waals surface area contributed by atoms with Crippen LogP contribution in [0.1, 0.15) is 32.9 Å². The number of carbonyl (C=O) groups is 2. The Kier molecular flexibility index (Phi) is 6.35. The molecule has 4 aromatic rings. The summed E-state index contributed by atoms with van der Waals surface area (Å²) < 4.78 is 10.7. The summed E-state index contributed by atoms with van der Waals surface area (Å²) in [6.45, 7) is 2.12. The molecule has 0 aliphatic carbocycles. The van der Waals surface area contributed by atoms with Gasteiger partial charge in [-0.2, -0.15) is 0 Å². The van der Waals surface area contributed by atoms with Gasteiger partial charge < -0.3 is 14.5 Å². The third kappa shape index (κ3) is 4.84. The third-order valence-electron chi connectivity index (χ3n) is 5.95. The van der Waals surface area contributed by atoms with Crippen LogP contribution in [0.15, 0.2) is 77.4 Å². The third-order valence-corrected chi connectivity index (χ3v) is 5.95. The highest BCUT2D eigenvalue weighted by molar-refractivity contribution is 6.05. The summed E-state index contributed by atoms with van der Waals surface area (Å²) in [6.07, 6.45) is 2.29. The Morgan fingerprint density at radius 3 is 2.68 bits per heavy atom. The normalized spacial score (nSPS) is 13.4. The van der Waals surface area contributed by atoms with Crippen LogP contribution < -0.4 is 5.32 Å². The van der Waals surface area contributed by atoms with Gasteiger partial charge in [-0.25, -0.2) is 4.79 Å². The molecule has 1 aliphatic rings. The SMILES string of the molecule is O=C(COC(=O)c1c2c(nc3ccccc13)CCN(Cc1ccccc1)C2)NCc1ccco1. The van der Waals surface area contributed by atoms with Crippen molar-refractivity contribution in [2.24, 2.45) is 0 Å². The highest BCUT2D eigenvalue weighted by atomic mass is 16.5. The van der Waals surface area contributed by atoms with Gasteiger partial charge in [-0.15, -0.1) is 0 Å². The number of nitrogens with zero attached hydrogens (tertiary/aromatic N) is 2. The first-order valence-corrected chi connectivity index (χ1v) is 11.3. The van der Waals surface area contributed by atoms with Gasteiger partial charge in [0.25, 0.3) is 5.91 Å². The quantitative estimate of drug-likeness (QED) is 0.426. The molecule has 2 aromatic heterocycles. The van der Waals surface area contributed by atoms with E-state index in [2.05, 4.69) is 22.3 Å². The molecule has 0 atom stereocenters. The van der Waals surface area contributed by atoms with Gasteiger partial charge in [-0.1, -0.05) is 48.5 Å². The molecule has 0 saturated heterocycles. The van der Waals surface area contributed by atoms with Crippen molar-refractivity contribution in [2.75, 3.05) is 13.2 Å². The van der Waals surface area contributed by atoms with Gasteiger partial charge >= 0.3 is 5.97 Å². The zero-order valence-corrected chi connectivity index (χ0v) is 18.7. The molecule has 0 radical (unpaired) electrons. The van der Waals surface area contributed by atoms with E-state index in [0.717, 1.165) is 41.7 Å². The number of carbonyl (C=O) groups excluding carboxylic acids is 2. The lowest BCUT2D eigenvalue weighted by Gasteiger charge is -2.30. The maximum Gasteiger partial charge on any atom is 0.339 e. The first-order chi connectivity index (χ1) is 16.7. The summed E-state index contributed by atoms with van der Waals surface area (Å²) in [6, 6.07) is 21.4. The maximum atomic E-state index is 13.3. The molecule has 1 N–H and O–H groups in total. The minimum absolute atomic E-state index is 0.241. The Morgan fingerprint density at radius 1 is 1.03 bits per heavy atom. The van der Waals surface area contributed by atoms with Crippen molar-refractivity contribution >= 4 is 22.8 Å². The minimum atomic E-state index is -0.510. The molecule has 172 valence electrons. The fourth-order valence-corrected chi connectivity index (χ4v) is 4.31. The number of hydrogen-bond acceptors (Lipinski definition) is 6. The van der Waals surface area contributed by atoms with Gasteiger partial charge in [0.15, 0.2) is 6.61 Å². The zero-order chi connectivity index (χ0) is 23.3. The van der Waals surface area contributed by atoms with E-state index in [-0.39, 0.29) is 19.1 Å². The molecule has 0 bridgehead atoms. The van der Waals surface area contributed by atoms with Crippen molar-refractivity contribution in [1.82, 2.24) is 15.2 Å². The fourth-order valence-electron chi connectivity index (χ4n) is 4.31. The van der Waals surface area contributed by atoms with Crippen LogP contribution in [0.25, 0.3) is 10.9 Å². The van der Waals surface area contributed by atoms with Crippen molar-refractivity contribution in [3.63, 3.8) is 0 Å². The minimum Gasteiger partial charge on any atom is -0.467 e. The van der Waals surface area contributed by atoms with Gasteiger partial charge in [0.2, 0.25) is 0 Å². The van der Waals surface area contributed by atoms with E-state index in [0.29, 0.717) is 17.9 Å². The highest BCUT2D eigenvalue weighted by Gasteiger charge is 2.27. The summed E-state index contributed by atoms with van der Waals surface area (Å²) in [5.74, 6) is -0.264. The van der Waals surface area contributed by atoms with E-state index < -0.39 is 5.97 Å². The van der Waals surface area contributed by atoms with Crippen LogP contribution in [0.2, 0.25) is 0 Å². The molecule has 0 saturated carbocycles. The summed E-state index contributed by atoms with van der Waals surface area (Å²) in [7, 11) is 0. The molecular formula is C27H25N3O4. The summed E-state index contributed by atoms with van der Waals surface area (Å²) >= 11 is 0. The Hall–Kier alpha value is -3.97. The number of rotatable bonds is 7. The largest absolute Gasteiger partial charge is 0.467 e. The predicted octanol–water partition coefficient (Wildman–Crippen LogP) is 3.86. The van der Waals surface area contributed by atoms with Crippen LogP contribution in [-0.2, 0) is 35.6 Å². The van der Waals surface area contributed by atoms with Crippen molar-refractivity contribution < 1.29 is 18.7 Å². The molecular weight excluding hydrogens is 430 g/mol. The van der Waals surface area contributed by atoms with Gasteiger partial charge in [-0.05, 0) is 23.8 Å². The van der Waals surface area contributed by atoms with Crippen molar-refractivity contribution in [2.45, 2.75) is 26.1 Å². The average molecular weight is 456 g/mol. The maximum absolute atomic E-state index is 13.3. The predicted molar refractivity (Wildman–Crippen MR) is 127 cm³/mol. The van der Waals surface area contributed by atoms with E-state index >= 15 is 0 Å². The molecule has 0 fully saturated rings. The van der Waals surface area contributed by atoms with Gasteiger partial charge in [0, 0.05) is 42.7 Å². The molecule has 1 amide bonds. The molecule has 34 heavy (non-hydrogen) atoms. The number of aromatic nitrogens is 1. The lowest BCUT2D eigenvalue weighted by Crippen LogP contribution is -2.33. The Labute approximate surface area is 197 Å². The number of furan rings is 1. The summed E-state index contributed by atoms with van der Waals surface area (Å²) in [5.41, 5.74) is 4.26. The first kappa shape index (κ1) is 21.9. The number of hydrogen-bond donors (Lipinski definition) is 1. The lowest BCUT2D eigenvalue weighted by molar-refractivity contribution is -0.124. The molecule has 5 rings (SSSR count). The molecule has 1 aliphatic heterocycles. The lowest BCUT2D eigenvalue weighted by atomic mass is 9.95. The van der Waals surface area contributed by atoms with Gasteiger partial charge in [-0.3, -0.25) is 14.7 Å². The topological polar surface area (TPSA) is 84.7 Å². The Morgan fingerprint density at radius 2 is 1.85 bits per heavy atom. The van der Waals surface area contributed by atoms with Crippen LogP contribution in [0.4, 0.5) is 0 Å². The Bertz CT molecular complexity index is 1300. The first-order valence-electron chi connectivity index (χ1n) is 11.3. The van der Waals surface area contributed by atoms with E-state index in [4.69, 9.17) is 14.1 Å². The van der Waals surface area contributed by atoms with Crippen molar-refractivity contribution in [3.8, 4) is 0 Å². The molecule has 0 spiro atoms. The fraction of sp³-hybridized carbons (Fsp3) is 0.222. The number of ether oxygens (including phenoxy) is 1. The van der Waals surface area contributed by atoms with E-state index in [1.165, 1.54) is 5.56 Å². The smallest absolute Gasteiger partial charge is 0.339 e. The van der Waals surface area contributed by atoms with Gasteiger partial charge in [0.1, 0.15) is 5.76 Å². The van der Waals surface area contributed by atoms with Crippen LogP contribution in [0.3, 0.4) is 0 Å². The van der Waals surface area contributed by atoms with Crippen LogP contribution >= 0.6 is 0 Å². The highest BCUT2D eigenvalue weighted by Crippen LogP contribution is 2.29. The number of pyridine rings is 1. The second-order valence-corrected chi connectivity index (χ2v) is 8.31. The van der Waals surface area contributed by atoms with Gasteiger partial charge in [0.05, 0.1) is 23.9 Å². The number of fused-ring (bicyclic) bond motifs is 2. The van der Waals surface area contributed by atoms with Crippen molar-refractivity contribution in [1.29, 1.82) is 0 Å². The zero-order valence-electron chi connectivity index (χ0n) is 18.7. The van der Waals surface area contributed by atoms with E-state index in [1.54, 1.807) is 18.4 Å². The molecule has 7 heteroatoms. The van der Waals surface area contributed by atoms with E-state index in [9.17, 15) is 9.59 Å². The Balaban J connectivity index is 1.35. The second-order valence-electron chi connectivity index (χ2n) is 8.31. The molecule has 2 aromatic carbocycles. The van der Waals surface area contributed by atoms with Crippen LogP contribution in [0.5, 0.6) is 0 Å². The number of amides is 1. The number of esters is 1. The van der Waals surface area contributed by atoms with E-state index in [1.807, 2.05) is 42.5 Å². The molecule has 3 heterocycles. The summed E-state index contributed by atoms with van der Waals surface area (Å²) in [4.78, 5) is 32.6. The summed E-state index contributed by atoms with van der Waals surface area (Å²) in [5, 5.41) is 3.43. The number of benzene rings is 2. The second kappa shape index (κ2) is 9.89. The monoisotopic (exact) mass is 455 g/mol. The van der Waals surface area contributed by atoms with Crippen LogP contribution in [-0.4, -0.2) is 34.9 Å². The standard InChI is InChI=1S/C27H25N3O4/c31-25(28-15-20-9-6-14-33-20)18-34-27(32)26-21-10-4-5-11-23(21)29-24-12-13-30(17-22(24)26)16-19-7-2-1-3-8-19/h1-11,14H,12-13,15-18H2,(H,28,31). The average Bonchev–Trinajstić information content (AvgIpc) is 3.39. The number of nitrogens with one attached hydrogen (secondary N) is 1.